The zero-order valence-corrected chi connectivity index (χ0v) is 9.61. The lowest BCUT2D eigenvalue weighted by Gasteiger charge is -2.18. The second-order valence-corrected chi connectivity index (χ2v) is 5.37. The minimum atomic E-state index is 1.01. The quantitative estimate of drug-likeness (QED) is 0.711. The summed E-state index contributed by atoms with van der Waals surface area (Å²) in [4.78, 5) is 2.61. The number of hydrogen-bond donors (Lipinski definition) is 0. The molecule has 1 aliphatic carbocycles. The highest BCUT2D eigenvalue weighted by atomic mass is 15.2. The molecule has 0 amide bonds. The fourth-order valence-electron chi connectivity index (χ4n) is 2.99. The Morgan fingerprint density at radius 1 is 1.13 bits per heavy atom. The molecule has 3 rings (SSSR count). The molecule has 15 heavy (non-hydrogen) atoms. The van der Waals surface area contributed by atoms with Gasteiger partial charge in [-0.25, -0.2) is 0 Å². The maximum Gasteiger partial charge on any atom is 0.0233 e. The molecule has 1 saturated heterocycles. The van der Waals surface area contributed by atoms with Crippen LogP contribution in [-0.2, 0) is 6.54 Å². The van der Waals surface area contributed by atoms with Crippen molar-refractivity contribution in [1.29, 1.82) is 0 Å². The summed E-state index contributed by atoms with van der Waals surface area (Å²) in [6.07, 6.45) is 0. The number of likely N-dealkylation sites (tertiary alicyclic amines) is 1. The molecule has 2 atom stereocenters. The maximum atomic E-state index is 2.61. The normalized spacial score (nSPS) is 34.1. The van der Waals surface area contributed by atoms with E-state index in [0.29, 0.717) is 0 Å². The Morgan fingerprint density at radius 2 is 1.73 bits per heavy atom. The minimum Gasteiger partial charge on any atom is -0.298 e. The van der Waals surface area contributed by atoms with Crippen LogP contribution in [0.4, 0.5) is 0 Å². The number of nitrogens with zero attached hydrogens (tertiary/aromatic N) is 1. The van der Waals surface area contributed by atoms with Gasteiger partial charge in [-0.1, -0.05) is 36.8 Å². The van der Waals surface area contributed by atoms with Crippen molar-refractivity contribution in [2.24, 2.45) is 17.8 Å². The maximum absolute atomic E-state index is 2.61. The van der Waals surface area contributed by atoms with Gasteiger partial charge in [0.15, 0.2) is 0 Å². The molecule has 1 aromatic carbocycles. The standard InChI is InChI=1S/C14H19N/c1-10-3-5-12(6-4-10)7-15-8-13-11(2)14(13)9-15/h3-6,11,13-14H,7-9H2,1-2H3. The molecule has 1 saturated carbocycles. The van der Waals surface area contributed by atoms with Crippen LogP contribution in [0.15, 0.2) is 24.3 Å². The molecule has 0 radical (unpaired) electrons. The second-order valence-electron chi connectivity index (χ2n) is 5.37. The van der Waals surface area contributed by atoms with Gasteiger partial charge in [0.05, 0.1) is 0 Å². The summed E-state index contributed by atoms with van der Waals surface area (Å²) in [5.41, 5.74) is 2.83. The van der Waals surface area contributed by atoms with E-state index in [-0.39, 0.29) is 0 Å². The van der Waals surface area contributed by atoms with Crippen molar-refractivity contribution in [1.82, 2.24) is 4.90 Å². The Balaban J connectivity index is 1.60. The molecule has 0 N–H and O–H groups in total. The van der Waals surface area contributed by atoms with Gasteiger partial charge in [-0.15, -0.1) is 0 Å². The third-order valence-electron chi connectivity index (χ3n) is 4.22. The summed E-state index contributed by atoms with van der Waals surface area (Å²) in [5.74, 6) is 3.06. The van der Waals surface area contributed by atoms with E-state index in [1.54, 1.807) is 0 Å². The summed E-state index contributed by atoms with van der Waals surface area (Å²) >= 11 is 0. The number of rotatable bonds is 2. The zero-order valence-electron chi connectivity index (χ0n) is 9.61. The largest absolute Gasteiger partial charge is 0.298 e. The molecule has 1 aromatic rings. The number of hydrogen-bond acceptors (Lipinski definition) is 1. The van der Waals surface area contributed by atoms with E-state index in [9.17, 15) is 0 Å². The minimum absolute atomic E-state index is 1.01. The smallest absolute Gasteiger partial charge is 0.0233 e. The SMILES string of the molecule is Cc1ccc(CN2CC3C(C)C3C2)cc1. The van der Waals surface area contributed by atoms with Gasteiger partial charge in [-0.2, -0.15) is 0 Å². The first-order valence-corrected chi connectivity index (χ1v) is 6.02. The van der Waals surface area contributed by atoms with Crippen LogP contribution in [0.25, 0.3) is 0 Å². The van der Waals surface area contributed by atoms with Crippen molar-refractivity contribution in [3.8, 4) is 0 Å². The lowest BCUT2D eigenvalue weighted by molar-refractivity contribution is 0.281. The summed E-state index contributed by atoms with van der Waals surface area (Å²) in [7, 11) is 0. The number of fused-ring (bicyclic) bond motifs is 1. The number of aryl methyl sites for hydroxylation is 1. The van der Waals surface area contributed by atoms with Gasteiger partial charge in [-0.3, -0.25) is 4.90 Å². The molecule has 1 heterocycles. The molecule has 1 aliphatic heterocycles. The molecule has 1 heteroatoms. The molecular weight excluding hydrogens is 182 g/mol. The van der Waals surface area contributed by atoms with E-state index in [1.807, 2.05) is 0 Å². The monoisotopic (exact) mass is 201 g/mol. The van der Waals surface area contributed by atoms with Crippen LogP contribution in [0.5, 0.6) is 0 Å². The van der Waals surface area contributed by atoms with Gasteiger partial charge in [-0.05, 0) is 30.2 Å². The number of piperidine rings is 1. The first kappa shape index (κ1) is 9.41. The number of benzene rings is 1. The van der Waals surface area contributed by atoms with Gasteiger partial charge in [0, 0.05) is 19.6 Å². The Bertz CT molecular complexity index is 342. The van der Waals surface area contributed by atoms with Crippen molar-refractivity contribution in [2.45, 2.75) is 20.4 Å². The molecule has 2 fully saturated rings. The van der Waals surface area contributed by atoms with Crippen LogP contribution in [0.2, 0.25) is 0 Å². The second kappa shape index (κ2) is 3.34. The summed E-state index contributed by atoms with van der Waals surface area (Å²) in [6, 6.07) is 8.97. The Morgan fingerprint density at radius 3 is 2.33 bits per heavy atom. The third kappa shape index (κ3) is 1.69. The molecule has 2 aliphatic rings. The van der Waals surface area contributed by atoms with Crippen LogP contribution in [0.1, 0.15) is 18.1 Å². The first-order valence-electron chi connectivity index (χ1n) is 6.02. The highest BCUT2D eigenvalue weighted by molar-refractivity contribution is 5.21. The van der Waals surface area contributed by atoms with E-state index >= 15 is 0 Å². The predicted octanol–water partition coefficient (Wildman–Crippen LogP) is 2.69. The van der Waals surface area contributed by atoms with Gasteiger partial charge in [0.1, 0.15) is 0 Å². The van der Waals surface area contributed by atoms with Gasteiger partial charge in [0.25, 0.3) is 0 Å². The molecule has 0 bridgehead atoms. The predicted molar refractivity (Wildman–Crippen MR) is 62.6 cm³/mol. The fourth-order valence-corrected chi connectivity index (χ4v) is 2.99. The van der Waals surface area contributed by atoms with Crippen molar-refractivity contribution in [2.75, 3.05) is 13.1 Å². The van der Waals surface area contributed by atoms with Crippen molar-refractivity contribution >= 4 is 0 Å². The summed E-state index contributed by atoms with van der Waals surface area (Å²) in [5, 5.41) is 0. The van der Waals surface area contributed by atoms with E-state index in [1.165, 1.54) is 24.2 Å². The van der Waals surface area contributed by atoms with Gasteiger partial charge >= 0.3 is 0 Å². The van der Waals surface area contributed by atoms with E-state index in [4.69, 9.17) is 0 Å². The Labute approximate surface area is 92.1 Å². The first-order chi connectivity index (χ1) is 7.24. The van der Waals surface area contributed by atoms with Crippen molar-refractivity contribution < 1.29 is 0 Å². The lowest BCUT2D eigenvalue weighted by atomic mass is 10.1. The highest BCUT2D eigenvalue weighted by Gasteiger charge is 2.52. The summed E-state index contributed by atoms with van der Waals surface area (Å²) in [6.45, 7) is 8.37. The van der Waals surface area contributed by atoms with E-state index < -0.39 is 0 Å². The molecular formula is C14H19N. The van der Waals surface area contributed by atoms with Crippen LogP contribution in [0, 0.1) is 24.7 Å². The molecule has 1 nitrogen and oxygen atoms in total. The average molecular weight is 201 g/mol. The molecule has 0 spiro atoms. The average Bonchev–Trinajstić information content (AvgIpc) is 2.66. The molecule has 80 valence electrons. The molecule has 0 aromatic heterocycles. The summed E-state index contributed by atoms with van der Waals surface area (Å²) < 4.78 is 0. The highest BCUT2D eigenvalue weighted by Crippen LogP contribution is 2.51. The Kier molecular flexibility index (Phi) is 2.10. The van der Waals surface area contributed by atoms with Crippen LogP contribution in [-0.4, -0.2) is 18.0 Å². The lowest BCUT2D eigenvalue weighted by Crippen LogP contribution is -2.23. The third-order valence-corrected chi connectivity index (χ3v) is 4.22. The fraction of sp³-hybridized carbons (Fsp3) is 0.571. The molecule has 2 unspecified atom stereocenters. The van der Waals surface area contributed by atoms with E-state index in [2.05, 4.69) is 43.0 Å². The van der Waals surface area contributed by atoms with Crippen LogP contribution < -0.4 is 0 Å². The van der Waals surface area contributed by atoms with Crippen molar-refractivity contribution in [3.63, 3.8) is 0 Å². The Hall–Kier alpha value is -0.820. The zero-order chi connectivity index (χ0) is 10.4. The van der Waals surface area contributed by atoms with Crippen LogP contribution >= 0.6 is 0 Å². The topological polar surface area (TPSA) is 3.24 Å². The van der Waals surface area contributed by atoms with E-state index in [0.717, 1.165) is 24.3 Å². The van der Waals surface area contributed by atoms with Gasteiger partial charge in [0.2, 0.25) is 0 Å². The van der Waals surface area contributed by atoms with Crippen molar-refractivity contribution in [3.05, 3.63) is 35.4 Å². The van der Waals surface area contributed by atoms with Gasteiger partial charge < -0.3 is 0 Å². The van der Waals surface area contributed by atoms with Crippen LogP contribution in [0.3, 0.4) is 0 Å².